The maximum absolute atomic E-state index is 12.1. The first kappa shape index (κ1) is 12.3. The molecular weight excluding hydrogens is 228 g/mol. The number of nitrogens with one attached hydrogen (secondary N) is 1. The highest BCUT2D eigenvalue weighted by atomic mass is 16.6. The summed E-state index contributed by atoms with van der Waals surface area (Å²) in [5, 5.41) is 3.62. The van der Waals surface area contributed by atoms with Crippen molar-refractivity contribution in [1.29, 1.82) is 0 Å². The van der Waals surface area contributed by atoms with E-state index in [0.29, 0.717) is 17.9 Å². The zero-order valence-corrected chi connectivity index (χ0v) is 11.6. The molecule has 4 aliphatic rings. The van der Waals surface area contributed by atoms with Gasteiger partial charge in [-0.1, -0.05) is 0 Å². The van der Waals surface area contributed by atoms with Crippen molar-refractivity contribution in [1.82, 2.24) is 10.2 Å². The lowest BCUT2D eigenvalue weighted by Gasteiger charge is -2.45. The molecule has 1 aliphatic carbocycles. The molecule has 0 spiro atoms. The average molecular weight is 252 g/mol. The van der Waals surface area contributed by atoms with Crippen LogP contribution in [-0.2, 0) is 4.74 Å². The van der Waals surface area contributed by atoms with Crippen LogP contribution in [0.15, 0.2) is 0 Å². The van der Waals surface area contributed by atoms with Gasteiger partial charge in [-0.15, -0.1) is 0 Å². The average Bonchev–Trinajstić information content (AvgIpc) is 2.74. The van der Waals surface area contributed by atoms with Gasteiger partial charge in [0.25, 0.3) is 0 Å². The molecule has 4 rings (SSSR count). The molecule has 3 aliphatic heterocycles. The van der Waals surface area contributed by atoms with Crippen LogP contribution in [0, 0.1) is 17.8 Å². The van der Waals surface area contributed by atoms with Gasteiger partial charge in [-0.2, -0.15) is 0 Å². The Labute approximate surface area is 109 Å². The molecule has 0 aromatic rings. The van der Waals surface area contributed by atoms with E-state index in [1.807, 2.05) is 25.7 Å². The zero-order valence-electron chi connectivity index (χ0n) is 11.6. The van der Waals surface area contributed by atoms with E-state index in [9.17, 15) is 4.79 Å². The standard InChI is InChI=1S/C14H24N2O2/c1-14(2,3)18-13(17)16-7-10-9-4-5-12(15-6-9)11(10)8-16/h9-12,15H,4-8H2,1-3H3/t9-,10-,11-,12+/m0/s1. The first-order chi connectivity index (χ1) is 8.44. The van der Waals surface area contributed by atoms with E-state index in [-0.39, 0.29) is 11.7 Å². The van der Waals surface area contributed by atoms with Gasteiger partial charge in [0, 0.05) is 19.1 Å². The molecule has 3 heterocycles. The van der Waals surface area contributed by atoms with Gasteiger partial charge in [0.1, 0.15) is 5.60 Å². The Bertz CT molecular complexity index is 322. The van der Waals surface area contributed by atoms with Gasteiger partial charge < -0.3 is 15.0 Å². The molecule has 1 N–H and O–H groups in total. The van der Waals surface area contributed by atoms with E-state index >= 15 is 0 Å². The molecule has 4 atom stereocenters. The first-order valence-corrected chi connectivity index (χ1v) is 7.15. The van der Waals surface area contributed by atoms with Gasteiger partial charge in [-0.05, 0) is 57.9 Å². The van der Waals surface area contributed by atoms with Crippen molar-refractivity contribution in [3.05, 3.63) is 0 Å². The summed E-state index contributed by atoms with van der Waals surface area (Å²) in [7, 11) is 0. The molecule has 2 bridgehead atoms. The molecule has 0 aromatic carbocycles. The molecule has 1 amide bonds. The second kappa shape index (κ2) is 4.12. The topological polar surface area (TPSA) is 41.6 Å². The SMILES string of the molecule is CC(C)(C)OC(=O)N1C[C@H]2[C@H]3CC[C@@H](NC3)[C@H]2C1. The molecule has 0 radical (unpaired) electrons. The van der Waals surface area contributed by atoms with Crippen LogP contribution in [0.3, 0.4) is 0 Å². The number of ether oxygens (including phenoxy) is 1. The Kier molecular flexibility index (Phi) is 2.81. The van der Waals surface area contributed by atoms with Crippen LogP contribution >= 0.6 is 0 Å². The fourth-order valence-electron chi connectivity index (χ4n) is 3.89. The maximum Gasteiger partial charge on any atom is 0.410 e. The lowest BCUT2D eigenvalue weighted by atomic mass is 9.68. The highest BCUT2D eigenvalue weighted by Gasteiger charge is 2.49. The van der Waals surface area contributed by atoms with E-state index in [1.54, 1.807) is 0 Å². The molecule has 4 heteroatoms. The number of hydrogen-bond donors (Lipinski definition) is 1. The highest BCUT2D eigenvalue weighted by Crippen LogP contribution is 2.43. The van der Waals surface area contributed by atoms with Crippen LogP contribution in [0.5, 0.6) is 0 Å². The predicted molar refractivity (Wildman–Crippen MR) is 69.3 cm³/mol. The summed E-state index contributed by atoms with van der Waals surface area (Å²) >= 11 is 0. The molecule has 4 nitrogen and oxygen atoms in total. The van der Waals surface area contributed by atoms with Crippen molar-refractivity contribution in [3.63, 3.8) is 0 Å². The number of fused-ring (bicyclic) bond motifs is 2. The Morgan fingerprint density at radius 1 is 1.22 bits per heavy atom. The lowest BCUT2D eigenvalue weighted by molar-refractivity contribution is 0.0283. The Morgan fingerprint density at radius 2 is 1.94 bits per heavy atom. The van der Waals surface area contributed by atoms with Crippen molar-refractivity contribution >= 4 is 6.09 Å². The summed E-state index contributed by atoms with van der Waals surface area (Å²) in [5.74, 6) is 2.13. The van der Waals surface area contributed by atoms with Crippen molar-refractivity contribution in [3.8, 4) is 0 Å². The van der Waals surface area contributed by atoms with Crippen LogP contribution in [0.1, 0.15) is 33.6 Å². The Balaban J connectivity index is 1.66. The monoisotopic (exact) mass is 252 g/mol. The molecule has 18 heavy (non-hydrogen) atoms. The minimum absolute atomic E-state index is 0.128. The van der Waals surface area contributed by atoms with Crippen molar-refractivity contribution in [2.24, 2.45) is 17.8 Å². The third-order valence-electron chi connectivity index (χ3n) is 4.68. The van der Waals surface area contributed by atoms with E-state index < -0.39 is 0 Å². The zero-order chi connectivity index (χ0) is 12.9. The third-order valence-corrected chi connectivity index (χ3v) is 4.68. The number of nitrogens with zero attached hydrogens (tertiary/aromatic N) is 1. The van der Waals surface area contributed by atoms with Gasteiger partial charge in [-0.25, -0.2) is 4.79 Å². The molecule has 102 valence electrons. The fraction of sp³-hybridized carbons (Fsp3) is 0.929. The summed E-state index contributed by atoms with van der Waals surface area (Å²) in [5.41, 5.74) is -0.387. The predicted octanol–water partition coefficient (Wildman–Crippen LogP) is 1.85. The minimum Gasteiger partial charge on any atom is -0.444 e. The van der Waals surface area contributed by atoms with E-state index in [2.05, 4.69) is 5.32 Å². The van der Waals surface area contributed by atoms with Crippen molar-refractivity contribution in [2.45, 2.75) is 45.3 Å². The number of carbonyl (C=O) groups excluding carboxylic acids is 1. The quantitative estimate of drug-likeness (QED) is 0.715. The summed E-state index contributed by atoms with van der Waals surface area (Å²) in [6.07, 6.45) is 2.49. The fourth-order valence-corrected chi connectivity index (χ4v) is 3.89. The van der Waals surface area contributed by atoms with Crippen LogP contribution in [0.25, 0.3) is 0 Å². The summed E-state index contributed by atoms with van der Waals surface area (Å²) < 4.78 is 5.49. The van der Waals surface area contributed by atoms with Crippen molar-refractivity contribution < 1.29 is 9.53 Å². The number of rotatable bonds is 0. The van der Waals surface area contributed by atoms with E-state index in [4.69, 9.17) is 4.74 Å². The van der Waals surface area contributed by atoms with Gasteiger partial charge in [-0.3, -0.25) is 0 Å². The van der Waals surface area contributed by atoms with Gasteiger partial charge in [0.05, 0.1) is 0 Å². The van der Waals surface area contributed by atoms with Gasteiger partial charge >= 0.3 is 6.09 Å². The molecule has 1 saturated carbocycles. The lowest BCUT2D eigenvalue weighted by Crippen LogP contribution is -2.54. The number of likely N-dealkylation sites (tertiary alicyclic amines) is 1. The minimum atomic E-state index is -0.387. The van der Waals surface area contributed by atoms with Gasteiger partial charge in [0.2, 0.25) is 0 Å². The maximum atomic E-state index is 12.1. The Hall–Kier alpha value is -0.770. The smallest absolute Gasteiger partial charge is 0.410 e. The number of piperidine rings is 2. The molecule has 3 saturated heterocycles. The summed E-state index contributed by atoms with van der Waals surface area (Å²) in [4.78, 5) is 14.1. The normalized spacial score (nSPS) is 38.7. The van der Waals surface area contributed by atoms with Crippen LogP contribution in [-0.4, -0.2) is 42.3 Å². The second-order valence-electron chi connectivity index (χ2n) is 7.07. The van der Waals surface area contributed by atoms with E-state index in [0.717, 1.165) is 25.6 Å². The summed E-state index contributed by atoms with van der Waals surface area (Å²) in [6.45, 7) is 8.72. The second-order valence-corrected chi connectivity index (χ2v) is 7.07. The third kappa shape index (κ3) is 2.11. The van der Waals surface area contributed by atoms with Crippen LogP contribution in [0.4, 0.5) is 4.79 Å². The largest absolute Gasteiger partial charge is 0.444 e. The highest BCUT2D eigenvalue weighted by molar-refractivity contribution is 5.68. The number of amides is 1. The van der Waals surface area contributed by atoms with Crippen molar-refractivity contribution in [2.75, 3.05) is 19.6 Å². The number of hydrogen-bond acceptors (Lipinski definition) is 3. The molecule has 0 aromatic heterocycles. The van der Waals surface area contributed by atoms with Crippen LogP contribution in [0.2, 0.25) is 0 Å². The summed E-state index contributed by atoms with van der Waals surface area (Å²) in [6, 6.07) is 0.632. The molecule has 0 unspecified atom stereocenters. The number of carbonyl (C=O) groups is 1. The van der Waals surface area contributed by atoms with Gasteiger partial charge in [0.15, 0.2) is 0 Å². The van der Waals surface area contributed by atoms with E-state index in [1.165, 1.54) is 12.8 Å². The molecular formula is C14H24N2O2. The Morgan fingerprint density at radius 3 is 2.50 bits per heavy atom. The molecule has 4 fully saturated rings. The van der Waals surface area contributed by atoms with Crippen LogP contribution < -0.4 is 5.32 Å². The first-order valence-electron chi connectivity index (χ1n) is 7.15.